The van der Waals surface area contributed by atoms with Crippen molar-refractivity contribution in [2.75, 3.05) is 0 Å². The van der Waals surface area contributed by atoms with Crippen LogP contribution < -0.4 is 0 Å². The van der Waals surface area contributed by atoms with Crippen LogP contribution in [0, 0.1) is 0 Å². The molecule has 0 bridgehead atoms. The van der Waals surface area contributed by atoms with Gasteiger partial charge < -0.3 is 10.2 Å². The Hall–Kier alpha value is -2.22. The van der Waals surface area contributed by atoms with Gasteiger partial charge in [0, 0.05) is 0 Å². The molecule has 0 heterocycles. The van der Waals surface area contributed by atoms with Crippen LogP contribution in [0.15, 0.2) is 55.1 Å². The predicted molar refractivity (Wildman–Crippen MR) is 69.1 cm³/mol. The molecule has 2 heteroatoms. The lowest BCUT2D eigenvalue weighted by molar-refractivity contribution is 0.450. The fourth-order valence-corrected chi connectivity index (χ4v) is 1.83. The summed E-state index contributed by atoms with van der Waals surface area (Å²) in [6.07, 6.45) is 2.30. The van der Waals surface area contributed by atoms with Crippen LogP contribution in [0.5, 0.6) is 11.5 Å². The summed E-state index contributed by atoms with van der Waals surface area (Å²) in [5.41, 5.74) is 2.04. The second-order valence-electron chi connectivity index (χ2n) is 3.83. The zero-order valence-electron chi connectivity index (χ0n) is 9.43. The molecule has 2 nitrogen and oxygen atoms in total. The lowest BCUT2D eigenvalue weighted by Crippen LogP contribution is -1.87. The zero-order chi connectivity index (χ0) is 12.3. The van der Waals surface area contributed by atoms with E-state index in [-0.39, 0.29) is 11.5 Å². The summed E-state index contributed by atoms with van der Waals surface area (Å²) in [6, 6.07) is 12.6. The molecule has 0 fully saturated rings. The molecule has 2 N–H and O–H groups in total. The molecular weight excluding hydrogens is 212 g/mol. The molecule has 0 aromatic heterocycles. The van der Waals surface area contributed by atoms with Gasteiger partial charge in [-0.2, -0.15) is 0 Å². The van der Waals surface area contributed by atoms with E-state index in [1.807, 2.05) is 30.3 Å². The van der Waals surface area contributed by atoms with Crippen molar-refractivity contribution in [3.8, 4) is 22.6 Å². The highest BCUT2D eigenvalue weighted by Crippen LogP contribution is 2.39. The van der Waals surface area contributed by atoms with E-state index < -0.39 is 0 Å². The molecule has 0 aliphatic carbocycles. The normalized spacial score (nSPS) is 10.1. The third-order valence-corrected chi connectivity index (χ3v) is 2.67. The average Bonchev–Trinajstić information content (AvgIpc) is 2.35. The van der Waals surface area contributed by atoms with Crippen LogP contribution in [0.3, 0.4) is 0 Å². The molecular formula is C15H14O2. The van der Waals surface area contributed by atoms with Crippen LogP contribution in [0.2, 0.25) is 0 Å². The van der Waals surface area contributed by atoms with E-state index in [1.165, 1.54) is 0 Å². The molecule has 17 heavy (non-hydrogen) atoms. The Bertz CT molecular complexity index is 530. The molecule has 0 unspecified atom stereocenters. The Morgan fingerprint density at radius 1 is 1.00 bits per heavy atom. The van der Waals surface area contributed by atoms with Crippen molar-refractivity contribution in [2.45, 2.75) is 6.42 Å². The topological polar surface area (TPSA) is 40.5 Å². The number of benzene rings is 2. The van der Waals surface area contributed by atoms with Gasteiger partial charge in [0.1, 0.15) is 11.5 Å². The van der Waals surface area contributed by atoms with E-state index in [9.17, 15) is 10.2 Å². The van der Waals surface area contributed by atoms with Gasteiger partial charge in [0.25, 0.3) is 0 Å². The molecule has 0 atom stereocenters. The minimum atomic E-state index is 0.0847. The van der Waals surface area contributed by atoms with Gasteiger partial charge in [-0.15, -0.1) is 6.58 Å². The van der Waals surface area contributed by atoms with Crippen molar-refractivity contribution in [1.82, 2.24) is 0 Å². The van der Waals surface area contributed by atoms with Crippen LogP contribution in [-0.4, -0.2) is 10.2 Å². The maximum atomic E-state index is 10.1. The molecule has 2 aromatic rings. The van der Waals surface area contributed by atoms with Gasteiger partial charge in [-0.05, 0) is 23.6 Å². The molecule has 0 amide bonds. The molecule has 86 valence electrons. The van der Waals surface area contributed by atoms with Crippen LogP contribution in [0.25, 0.3) is 11.1 Å². The van der Waals surface area contributed by atoms with Crippen LogP contribution in [0.4, 0.5) is 0 Å². The van der Waals surface area contributed by atoms with E-state index in [2.05, 4.69) is 6.58 Å². The monoisotopic (exact) mass is 226 g/mol. The standard InChI is InChI=1S/C15H14O2/c1-2-6-12-9-10-13(16)14(15(12)17)11-7-4-3-5-8-11/h2-5,7-10,16-17H,1,6H2. The maximum Gasteiger partial charge on any atom is 0.130 e. The Morgan fingerprint density at radius 3 is 2.35 bits per heavy atom. The number of phenolic OH excluding ortho intramolecular Hbond substituents is 2. The molecule has 2 aromatic carbocycles. The van der Waals surface area contributed by atoms with Crippen LogP contribution in [-0.2, 0) is 6.42 Å². The largest absolute Gasteiger partial charge is 0.507 e. The highest BCUT2D eigenvalue weighted by Gasteiger charge is 2.12. The summed E-state index contributed by atoms with van der Waals surface area (Å²) in [6.45, 7) is 3.65. The first kappa shape index (κ1) is 11.3. The summed E-state index contributed by atoms with van der Waals surface area (Å²) in [5.74, 6) is 0.206. The van der Waals surface area contributed by atoms with Crippen molar-refractivity contribution in [2.24, 2.45) is 0 Å². The summed E-state index contributed by atoms with van der Waals surface area (Å²) in [4.78, 5) is 0. The van der Waals surface area contributed by atoms with Gasteiger partial charge in [0.05, 0.1) is 5.56 Å². The molecule has 0 aliphatic heterocycles. The van der Waals surface area contributed by atoms with Crippen molar-refractivity contribution < 1.29 is 10.2 Å². The summed E-state index contributed by atoms with van der Waals surface area (Å²) < 4.78 is 0. The quantitative estimate of drug-likeness (QED) is 0.786. The van der Waals surface area contributed by atoms with Gasteiger partial charge in [0.15, 0.2) is 0 Å². The van der Waals surface area contributed by atoms with E-state index in [0.29, 0.717) is 12.0 Å². The second-order valence-corrected chi connectivity index (χ2v) is 3.83. The molecule has 2 rings (SSSR count). The average molecular weight is 226 g/mol. The number of hydrogen-bond acceptors (Lipinski definition) is 2. The lowest BCUT2D eigenvalue weighted by Gasteiger charge is -2.10. The molecule has 0 aliphatic rings. The fourth-order valence-electron chi connectivity index (χ4n) is 1.83. The zero-order valence-corrected chi connectivity index (χ0v) is 9.43. The predicted octanol–water partition coefficient (Wildman–Crippen LogP) is 3.49. The Labute approximate surface area is 100 Å². The Kier molecular flexibility index (Phi) is 3.15. The lowest BCUT2D eigenvalue weighted by atomic mass is 9.99. The highest BCUT2D eigenvalue weighted by atomic mass is 16.3. The van der Waals surface area contributed by atoms with E-state index in [4.69, 9.17) is 0 Å². The van der Waals surface area contributed by atoms with Gasteiger partial charge in [0.2, 0.25) is 0 Å². The van der Waals surface area contributed by atoms with Gasteiger partial charge in [-0.25, -0.2) is 0 Å². The van der Waals surface area contributed by atoms with E-state index in [0.717, 1.165) is 11.1 Å². The van der Waals surface area contributed by atoms with E-state index >= 15 is 0 Å². The van der Waals surface area contributed by atoms with Crippen LogP contribution in [0.1, 0.15) is 5.56 Å². The SMILES string of the molecule is C=CCc1ccc(O)c(-c2ccccc2)c1O. The summed E-state index contributed by atoms with van der Waals surface area (Å²) in [7, 11) is 0. The Balaban J connectivity index is 2.60. The van der Waals surface area contributed by atoms with Gasteiger partial charge in [-0.1, -0.05) is 42.5 Å². The van der Waals surface area contributed by atoms with Crippen molar-refractivity contribution >= 4 is 0 Å². The van der Waals surface area contributed by atoms with Crippen molar-refractivity contribution in [1.29, 1.82) is 0 Å². The second kappa shape index (κ2) is 4.74. The number of hydrogen-bond donors (Lipinski definition) is 2. The summed E-state index contributed by atoms with van der Waals surface area (Å²) in [5, 5.41) is 20.0. The first-order valence-corrected chi connectivity index (χ1v) is 5.44. The maximum absolute atomic E-state index is 10.1. The third-order valence-electron chi connectivity index (χ3n) is 2.67. The molecule has 0 radical (unpaired) electrons. The van der Waals surface area contributed by atoms with Crippen molar-refractivity contribution in [3.63, 3.8) is 0 Å². The summed E-state index contributed by atoms with van der Waals surface area (Å²) >= 11 is 0. The Morgan fingerprint density at radius 2 is 1.71 bits per heavy atom. The van der Waals surface area contributed by atoms with Gasteiger partial charge >= 0.3 is 0 Å². The number of allylic oxidation sites excluding steroid dienone is 1. The minimum Gasteiger partial charge on any atom is -0.507 e. The number of rotatable bonds is 3. The van der Waals surface area contributed by atoms with Gasteiger partial charge in [-0.3, -0.25) is 0 Å². The van der Waals surface area contributed by atoms with Crippen LogP contribution >= 0.6 is 0 Å². The minimum absolute atomic E-state index is 0.0847. The number of phenols is 2. The fraction of sp³-hybridized carbons (Fsp3) is 0.0667. The highest BCUT2D eigenvalue weighted by molar-refractivity contribution is 5.77. The first-order chi connectivity index (χ1) is 8.24. The number of aromatic hydroxyl groups is 2. The molecule has 0 spiro atoms. The molecule has 0 saturated heterocycles. The first-order valence-electron chi connectivity index (χ1n) is 5.44. The third kappa shape index (κ3) is 2.16. The van der Waals surface area contributed by atoms with E-state index in [1.54, 1.807) is 18.2 Å². The van der Waals surface area contributed by atoms with Crippen molar-refractivity contribution in [3.05, 3.63) is 60.7 Å². The molecule has 0 saturated carbocycles. The smallest absolute Gasteiger partial charge is 0.130 e.